The average Bonchev–Trinajstić information content (AvgIpc) is 2.34. The van der Waals surface area contributed by atoms with E-state index >= 15 is 0 Å². The number of carbonyl (C=O) groups is 1. The lowest BCUT2D eigenvalue weighted by Gasteiger charge is -2.39. The number of primary amides is 1. The van der Waals surface area contributed by atoms with Crippen LogP contribution < -0.4 is 5.73 Å². The van der Waals surface area contributed by atoms with Crippen LogP contribution in [0.2, 0.25) is 0 Å². The summed E-state index contributed by atoms with van der Waals surface area (Å²) in [6, 6.07) is 0. The van der Waals surface area contributed by atoms with Gasteiger partial charge in [-0.15, -0.1) is 0 Å². The van der Waals surface area contributed by atoms with E-state index in [1.807, 2.05) is 0 Å². The largest absolute Gasteiger partial charge is 0.429 e. The zero-order valence-electron chi connectivity index (χ0n) is 11.1. The summed E-state index contributed by atoms with van der Waals surface area (Å²) >= 11 is 1.94. The first-order chi connectivity index (χ1) is 10.9. The van der Waals surface area contributed by atoms with Crippen molar-refractivity contribution in [3.8, 4) is 0 Å². The normalized spacial score (nSPS) is 17.8. The van der Waals surface area contributed by atoms with Gasteiger partial charge in [-0.2, -0.15) is 57.1 Å². The molecule has 0 aliphatic heterocycles. The molecule has 0 aromatic carbocycles. The monoisotopic (exact) mass is 549 g/mol. The Bertz CT molecular complexity index is 559. The van der Waals surface area contributed by atoms with Gasteiger partial charge in [0.2, 0.25) is 0 Å². The molecule has 3 nitrogen and oxygen atoms in total. The lowest BCUT2D eigenvalue weighted by Crippen LogP contribution is -2.70. The summed E-state index contributed by atoms with van der Waals surface area (Å²) in [5, 5.41) is 0. The number of ether oxygens (including phenoxy) is 1. The molecule has 18 heteroatoms. The molecule has 2 N–H and O–H groups in total. The Labute approximate surface area is 150 Å². The van der Waals surface area contributed by atoms with Gasteiger partial charge in [0, 0.05) is 0 Å². The molecule has 1 amide bonds. The zero-order valence-corrected chi connectivity index (χ0v) is 14.2. The fourth-order valence-electron chi connectivity index (χ4n) is 1.01. The van der Waals surface area contributed by atoms with Gasteiger partial charge in [0.15, 0.2) is 0 Å². The molecule has 0 spiro atoms. The van der Waals surface area contributed by atoms with Crippen LogP contribution >= 0.6 is 31.9 Å². The quantitative estimate of drug-likeness (QED) is 0.354. The van der Waals surface area contributed by atoms with Crippen molar-refractivity contribution in [1.82, 2.24) is 0 Å². The number of alkyl halides is 15. The third-order valence-corrected chi connectivity index (χ3v) is 4.15. The number of halogens is 15. The molecule has 0 radical (unpaired) electrons. The fraction of sp³-hybridized carbons (Fsp3) is 0.875. The molecule has 0 bridgehead atoms. The highest BCUT2D eigenvalue weighted by Crippen LogP contribution is 2.59. The molecular formula is C8H2Br2F13NO2. The number of hydrogen-bond donors (Lipinski definition) is 1. The van der Waals surface area contributed by atoms with E-state index in [0.717, 1.165) is 31.9 Å². The van der Waals surface area contributed by atoms with E-state index in [2.05, 4.69) is 10.5 Å². The minimum atomic E-state index is -7.85. The van der Waals surface area contributed by atoms with Gasteiger partial charge < -0.3 is 5.73 Å². The molecule has 0 aliphatic rings. The molecule has 0 fully saturated rings. The molecule has 156 valence electrons. The maximum Gasteiger partial charge on any atom is 0.429 e. The molecule has 0 aromatic rings. The third kappa shape index (κ3) is 3.72. The second-order valence-electron chi connectivity index (χ2n) is 4.30. The maximum absolute atomic E-state index is 13.1. The summed E-state index contributed by atoms with van der Waals surface area (Å²) in [5.74, 6) is -33.6. The Kier molecular flexibility index (Phi) is 6.39. The summed E-state index contributed by atoms with van der Waals surface area (Å²) in [6.45, 7) is 0. The van der Waals surface area contributed by atoms with Crippen molar-refractivity contribution in [3.63, 3.8) is 0 Å². The smallest absolute Gasteiger partial charge is 0.364 e. The number of nitrogens with two attached hydrogens (primary N) is 1. The predicted molar refractivity (Wildman–Crippen MR) is 61.7 cm³/mol. The summed E-state index contributed by atoms with van der Waals surface area (Å²) in [4.78, 5) is 4.75. The van der Waals surface area contributed by atoms with Crippen LogP contribution in [0.1, 0.15) is 0 Å². The number of carbonyl (C=O) groups excluding carboxylic acids is 1. The molecule has 0 rings (SSSR count). The van der Waals surface area contributed by atoms with Crippen LogP contribution in [0.5, 0.6) is 0 Å². The van der Waals surface area contributed by atoms with Crippen molar-refractivity contribution in [2.24, 2.45) is 5.73 Å². The molecule has 0 saturated carbocycles. The molecule has 1 unspecified atom stereocenters. The molecule has 0 saturated heterocycles. The molecule has 26 heavy (non-hydrogen) atoms. The SMILES string of the molecule is NC(=O)C(F)(F)C(F)(F)C(F)(F)C(F)(F)C(F)(F)OC(F)(Br)C(F)(F)Br. The lowest BCUT2D eigenvalue weighted by atomic mass is 9.97. The van der Waals surface area contributed by atoms with Crippen LogP contribution in [0.15, 0.2) is 0 Å². The van der Waals surface area contributed by atoms with Crippen LogP contribution in [0, 0.1) is 0 Å². The number of amides is 1. The van der Waals surface area contributed by atoms with E-state index in [4.69, 9.17) is 0 Å². The molecular weight excluding hydrogens is 549 g/mol. The first-order valence-electron chi connectivity index (χ1n) is 5.24. The number of hydrogen-bond acceptors (Lipinski definition) is 2. The van der Waals surface area contributed by atoms with E-state index in [9.17, 15) is 61.9 Å². The first-order valence-corrected chi connectivity index (χ1v) is 6.82. The van der Waals surface area contributed by atoms with Crippen molar-refractivity contribution >= 4 is 37.8 Å². The summed E-state index contributed by atoms with van der Waals surface area (Å²) in [6.07, 6.45) is -7.25. The second kappa shape index (κ2) is 6.52. The Balaban J connectivity index is 6.24. The minimum absolute atomic E-state index is 0.957. The van der Waals surface area contributed by atoms with Gasteiger partial charge in [0.1, 0.15) is 0 Å². The van der Waals surface area contributed by atoms with E-state index in [-0.39, 0.29) is 0 Å². The molecule has 1 atom stereocenters. The summed E-state index contributed by atoms with van der Waals surface area (Å²) in [7, 11) is 0. The highest BCUT2D eigenvalue weighted by Gasteiger charge is 2.89. The van der Waals surface area contributed by atoms with Crippen molar-refractivity contribution in [2.75, 3.05) is 0 Å². The Morgan fingerprint density at radius 1 is 0.692 bits per heavy atom. The van der Waals surface area contributed by atoms with Gasteiger partial charge >= 0.3 is 39.4 Å². The van der Waals surface area contributed by atoms with Gasteiger partial charge in [0.25, 0.3) is 5.91 Å². The maximum atomic E-state index is 13.1. The van der Waals surface area contributed by atoms with Crippen molar-refractivity contribution in [3.05, 3.63) is 0 Å². The highest BCUT2D eigenvalue weighted by molar-refractivity contribution is 9.12. The third-order valence-electron chi connectivity index (χ3n) is 2.44. The van der Waals surface area contributed by atoms with Crippen LogP contribution in [-0.4, -0.2) is 45.3 Å². The van der Waals surface area contributed by atoms with Crippen LogP contribution in [0.3, 0.4) is 0 Å². The van der Waals surface area contributed by atoms with E-state index < -0.39 is 45.3 Å². The van der Waals surface area contributed by atoms with E-state index in [1.165, 1.54) is 0 Å². The Morgan fingerprint density at radius 2 is 1.04 bits per heavy atom. The molecule has 0 aliphatic carbocycles. The van der Waals surface area contributed by atoms with Crippen LogP contribution in [0.4, 0.5) is 57.1 Å². The second-order valence-corrected chi connectivity index (χ2v) is 6.31. The van der Waals surface area contributed by atoms with Crippen molar-refractivity contribution in [2.45, 2.75) is 39.4 Å². The van der Waals surface area contributed by atoms with Crippen molar-refractivity contribution < 1.29 is 66.6 Å². The minimum Gasteiger partial charge on any atom is -0.364 e. The fourth-order valence-corrected chi connectivity index (χ4v) is 1.30. The van der Waals surface area contributed by atoms with E-state index in [1.54, 1.807) is 0 Å². The molecule has 0 heterocycles. The van der Waals surface area contributed by atoms with Crippen LogP contribution in [0.25, 0.3) is 0 Å². The highest BCUT2D eigenvalue weighted by atomic mass is 79.9. The van der Waals surface area contributed by atoms with E-state index in [0.29, 0.717) is 0 Å². The average molecular weight is 551 g/mol. The zero-order chi connectivity index (χ0) is 21.8. The molecule has 0 aromatic heterocycles. The lowest BCUT2D eigenvalue weighted by molar-refractivity contribution is -0.461. The topological polar surface area (TPSA) is 52.3 Å². The van der Waals surface area contributed by atoms with Crippen molar-refractivity contribution in [1.29, 1.82) is 0 Å². The van der Waals surface area contributed by atoms with Gasteiger partial charge in [-0.05, 0) is 31.9 Å². The van der Waals surface area contributed by atoms with Crippen LogP contribution in [-0.2, 0) is 9.53 Å². The Hall–Kier alpha value is -0.520. The summed E-state index contributed by atoms with van der Waals surface area (Å²) in [5.41, 5.74) is 3.63. The standard InChI is InChI=1S/C8H2Br2F13NO2/c9-6(19,20)7(10,21)26-8(22,23)5(17,18)4(15,16)3(13,14)2(11,12)1(24)25/h(H2,24,25). The predicted octanol–water partition coefficient (Wildman–Crippen LogP) is 4.63. The summed E-state index contributed by atoms with van der Waals surface area (Å²) < 4.78 is 165. The van der Waals surface area contributed by atoms with Gasteiger partial charge in [-0.3, -0.25) is 9.53 Å². The van der Waals surface area contributed by atoms with Gasteiger partial charge in [-0.1, -0.05) is 0 Å². The Morgan fingerprint density at radius 3 is 1.31 bits per heavy atom. The number of rotatable bonds is 8. The van der Waals surface area contributed by atoms with Gasteiger partial charge in [-0.25, -0.2) is 0 Å². The first kappa shape index (κ1) is 25.5. The van der Waals surface area contributed by atoms with Gasteiger partial charge in [0.05, 0.1) is 0 Å².